The van der Waals surface area contributed by atoms with Gasteiger partial charge in [0.2, 0.25) is 0 Å². The second-order valence-electron chi connectivity index (χ2n) is 4.73. The quantitative estimate of drug-likeness (QED) is 0.940. The Balaban J connectivity index is 1.84. The molecule has 1 aliphatic heterocycles. The predicted molar refractivity (Wildman–Crippen MR) is 85.5 cm³/mol. The molecule has 106 valence electrons. The molecular weight excluding hydrogens is 284 g/mol. The summed E-state index contributed by atoms with van der Waals surface area (Å²) in [5.41, 5.74) is 2.38. The number of aryl methyl sites for hydroxylation is 1. The highest BCUT2D eigenvalue weighted by Gasteiger charge is 2.41. The third-order valence-corrected chi connectivity index (χ3v) is 4.21. The summed E-state index contributed by atoms with van der Waals surface area (Å²) in [5, 5.41) is 2.26. The number of amides is 2. The van der Waals surface area contributed by atoms with Gasteiger partial charge in [0, 0.05) is 5.69 Å². The SMILES string of the molecule is Cc1ccccc1N1C(=O)S[C@@H](Nc2ccccc2)C1=O. The largest absolute Gasteiger partial charge is 0.365 e. The van der Waals surface area contributed by atoms with E-state index in [-0.39, 0.29) is 11.1 Å². The Morgan fingerprint density at radius 2 is 1.67 bits per heavy atom. The minimum absolute atomic E-state index is 0.233. The number of para-hydroxylation sites is 2. The van der Waals surface area contributed by atoms with Crippen molar-refractivity contribution >= 4 is 34.3 Å². The van der Waals surface area contributed by atoms with Crippen LogP contribution < -0.4 is 10.2 Å². The topological polar surface area (TPSA) is 49.4 Å². The van der Waals surface area contributed by atoms with Crippen LogP contribution in [-0.2, 0) is 4.79 Å². The summed E-state index contributed by atoms with van der Waals surface area (Å²) in [6.45, 7) is 1.89. The zero-order valence-corrected chi connectivity index (χ0v) is 12.3. The van der Waals surface area contributed by atoms with Gasteiger partial charge in [-0.25, -0.2) is 4.90 Å². The molecule has 0 unspecified atom stereocenters. The van der Waals surface area contributed by atoms with Crippen molar-refractivity contribution in [1.29, 1.82) is 0 Å². The van der Waals surface area contributed by atoms with E-state index >= 15 is 0 Å². The van der Waals surface area contributed by atoms with Crippen molar-refractivity contribution in [3.63, 3.8) is 0 Å². The summed E-state index contributed by atoms with van der Waals surface area (Å²) in [6, 6.07) is 16.8. The van der Waals surface area contributed by atoms with Crippen LogP contribution in [-0.4, -0.2) is 16.5 Å². The molecule has 2 amide bonds. The highest BCUT2D eigenvalue weighted by atomic mass is 32.2. The van der Waals surface area contributed by atoms with Gasteiger partial charge in [-0.05, 0) is 42.4 Å². The Hall–Kier alpha value is -2.27. The van der Waals surface area contributed by atoms with Crippen LogP contribution in [0.4, 0.5) is 16.2 Å². The molecule has 3 rings (SSSR count). The summed E-state index contributed by atoms with van der Waals surface area (Å²) in [4.78, 5) is 25.9. The molecule has 1 heterocycles. The van der Waals surface area contributed by atoms with Gasteiger partial charge in [0.05, 0.1) is 5.69 Å². The first-order valence-electron chi connectivity index (χ1n) is 6.58. The van der Waals surface area contributed by atoms with Crippen LogP contribution >= 0.6 is 11.8 Å². The first-order valence-corrected chi connectivity index (χ1v) is 7.46. The van der Waals surface area contributed by atoms with E-state index in [1.165, 1.54) is 4.90 Å². The fourth-order valence-corrected chi connectivity index (χ4v) is 3.12. The number of anilines is 2. The van der Waals surface area contributed by atoms with Crippen LogP contribution in [0.2, 0.25) is 0 Å². The van der Waals surface area contributed by atoms with Gasteiger partial charge in [-0.15, -0.1) is 0 Å². The van der Waals surface area contributed by atoms with E-state index in [2.05, 4.69) is 5.32 Å². The molecule has 0 bridgehead atoms. The van der Waals surface area contributed by atoms with E-state index < -0.39 is 5.37 Å². The summed E-state index contributed by atoms with van der Waals surface area (Å²) in [5.74, 6) is -0.233. The van der Waals surface area contributed by atoms with Crippen molar-refractivity contribution in [2.75, 3.05) is 10.2 Å². The molecule has 0 radical (unpaired) electrons. The Kier molecular flexibility index (Phi) is 3.66. The molecule has 0 aromatic heterocycles. The average molecular weight is 298 g/mol. The molecule has 0 aliphatic carbocycles. The van der Waals surface area contributed by atoms with Gasteiger partial charge < -0.3 is 5.32 Å². The highest BCUT2D eigenvalue weighted by molar-refractivity contribution is 8.16. The molecule has 1 aliphatic rings. The Labute approximate surface area is 127 Å². The lowest BCUT2D eigenvalue weighted by Gasteiger charge is -2.16. The maximum absolute atomic E-state index is 12.5. The number of thioether (sulfide) groups is 1. The Morgan fingerprint density at radius 1 is 1.00 bits per heavy atom. The lowest BCUT2D eigenvalue weighted by molar-refractivity contribution is -0.116. The molecule has 4 nitrogen and oxygen atoms in total. The van der Waals surface area contributed by atoms with Crippen LogP contribution in [0.3, 0.4) is 0 Å². The fourth-order valence-electron chi connectivity index (χ4n) is 2.22. The zero-order valence-electron chi connectivity index (χ0n) is 11.4. The summed E-state index contributed by atoms with van der Waals surface area (Å²) in [7, 11) is 0. The number of nitrogens with one attached hydrogen (secondary N) is 1. The zero-order chi connectivity index (χ0) is 14.8. The summed E-state index contributed by atoms with van der Waals surface area (Å²) < 4.78 is 0. The van der Waals surface area contributed by atoms with Crippen molar-refractivity contribution in [2.45, 2.75) is 12.3 Å². The van der Waals surface area contributed by atoms with Gasteiger partial charge in [-0.3, -0.25) is 9.59 Å². The normalized spacial score (nSPS) is 18.1. The van der Waals surface area contributed by atoms with E-state index in [0.29, 0.717) is 5.69 Å². The number of rotatable bonds is 3. The van der Waals surface area contributed by atoms with Crippen molar-refractivity contribution < 1.29 is 9.59 Å². The molecule has 0 spiro atoms. The Morgan fingerprint density at radius 3 is 2.38 bits per heavy atom. The van der Waals surface area contributed by atoms with Crippen LogP contribution in [0.1, 0.15) is 5.56 Å². The number of benzene rings is 2. The molecule has 2 aromatic carbocycles. The fraction of sp³-hybridized carbons (Fsp3) is 0.125. The van der Waals surface area contributed by atoms with Gasteiger partial charge in [0.15, 0.2) is 5.37 Å². The summed E-state index contributed by atoms with van der Waals surface area (Å²) in [6.07, 6.45) is 0. The van der Waals surface area contributed by atoms with E-state index in [0.717, 1.165) is 23.0 Å². The Bertz CT molecular complexity index is 688. The van der Waals surface area contributed by atoms with E-state index in [1.807, 2.05) is 55.5 Å². The third-order valence-electron chi connectivity index (χ3n) is 3.27. The molecule has 1 N–H and O–H groups in total. The molecule has 5 heteroatoms. The maximum Gasteiger partial charge on any atom is 0.295 e. The number of nitrogens with zero attached hydrogens (tertiary/aromatic N) is 1. The van der Waals surface area contributed by atoms with Crippen molar-refractivity contribution in [2.24, 2.45) is 0 Å². The van der Waals surface area contributed by atoms with Crippen LogP contribution in [0.15, 0.2) is 54.6 Å². The van der Waals surface area contributed by atoms with Gasteiger partial charge in [0.1, 0.15) is 0 Å². The van der Waals surface area contributed by atoms with Crippen LogP contribution in [0, 0.1) is 6.92 Å². The second kappa shape index (κ2) is 5.61. The summed E-state index contributed by atoms with van der Waals surface area (Å²) >= 11 is 1.01. The molecule has 2 aromatic rings. The molecule has 0 saturated carbocycles. The predicted octanol–water partition coefficient (Wildman–Crippen LogP) is 3.63. The van der Waals surface area contributed by atoms with Crippen molar-refractivity contribution in [1.82, 2.24) is 0 Å². The second-order valence-corrected chi connectivity index (χ2v) is 5.79. The lowest BCUT2D eigenvalue weighted by atomic mass is 10.2. The number of hydrogen-bond donors (Lipinski definition) is 1. The van der Waals surface area contributed by atoms with E-state index in [1.54, 1.807) is 6.07 Å². The number of imide groups is 1. The van der Waals surface area contributed by atoms with Crippen LogP contribution in [0.5, 0.6) is 0 Å². The molecule has 21 heavy (non-hydrogen) atoms. The van der Waals surface area contributed by atoms with Gasteiger partial charge >= 0.3 is 0 Å². The van der Waals surface area contributed by atoms with Crippen LogP contribution in [0.25, 0.3) is 0 Å². The monoisotopic (exact) mass is 298 g/mol. The molecule has 1 fully saturated rings. The first-order chi connectivity index (χ1) is 10.2. The van der Waals surface area contributed by atoms with E-state index in [9.17, 15) is 9.59 Å². The van der Waals surface area contributed by atoms with Crippen molar-refractivity contribution in [3.8, 4) is 0 Å². The maximum atomic E-state index is 12.5. The van der Waals surface area contributed by atoms with E-state index in [4.69, 9.17) is 0 Å². The minimum atomic E-state index is -0.584. The lowest BCUT2D eigenvalue weighted by Crippen LogP contribution is -2.34. The standard InChI is InChI=1S/C16H14N2O2S/c1-11-7-5-6-10-13(11)18-15(19)14(21-16(18)20)17-12-8-3-2-4-9-12/h2-10,14,17H,1H3/t14-/m1/s1. The minimum Gasteiger partial charge on any atom is -0.365 e. The first kappa shape index (κ1) is 13.7. The number of hydrogen-bond acceptors (Lipinski definition) is 4. The van der Waals surface area contributed by atoms with Gasteiger partial charge in [-0.2, -0.15) is 0 Å². The van der Waals surface area contributed by atoms with Crippen molar-refractivity contribution in [3.05, 3.63) is 60.2 Å². The third kappa shape index (κ3) is 2.64. The molecule has 1 saturated heterocycles. The number of carbonyl (C=O) groups excluding carboxylic acids is 2. The molecule has 1 atom stereocenters. The molecular formula is C16H14N2O2S. The smallest absolute Gasteiger partial charge is 0.295 e. The van der Waals surface area contributed by atoms with Gasteiger partial charge in [0.25, 0.3) is 11.1 Å². The average Bonchev–Trinajstić information content (AvgIpc) is 2.76. The number of carbonyl (C=O) groups is 2. The highest BCUT2D eigenvalue weighted by Crippen LogP contribution is 2.33. The van der Waals surface area contributed by atoms with Gasteiger partial charge in [-0.1, -0.05) is 36.4 Å².